The van der Waals surface area contributed by atoms with Gasteiger partial charge in [0.2, 0.25) is 5.90 Å². The highest BCUT2D eigenvalue weighted by Crippen LogP contribution is 2.22. The summed E-state index contributed by atoms with van der Waals surface area (Å²) >= 11 is 3.39. The molecule has 0 radical (unpaired) electrons. The summed E-state index contributed by atoms with van der Waals surface area (Å²) in [6.45, 7) is 2.55. The van der Waals surface area contributed by atoms with Crippen molar-refractivity contribution in [3.05, 3.63) is 69.8 Å². The number of hydrogen-bond donors (Lipinski definition) is 0. The maximum absolute atomic E-state index is 12.0. The molecule has 0 aromatic heterocycles. The number of benzene rings is 2. The Labute approximate surface area is 142 Å². The first kappa shape index (κ1) is 15.5. The highest BCUT2D eigenvalue weighted by molar-refractivity contribution is 9.10. The van der Waals surface area contributed by atoms with Crippen molar-refractivity contribution < 1.29 is 14.3 Å². The fourth-order valence-electron chi connectivity index (χ4n) is 2.14. The fourth-order valence-corrected chi connectivity index (χ4v) is 2.54. The van der Waals surface area contributed by atoms with Crippen molar-refractivity contribution in [3.63, 3.8) is 0 Å². The topological polar surface area (TPSA) is 47.9 Å². The first-order valence-corrected chi connectivity index (χ1v) is 7.96. The Kier molecular flexibility index (Phi) is 4.57. The van der Waals surface area contributed by atoms with Gasteiger partial charge >= 0.3 is 5.97 Å². The van der Waals surface area contributed by atoms with E-state index in [1.807, 2.05) is 55.5 Å². The molecule has 1 heterocycles. The Bertz CT molecular complexity index is 794. The maximum Gasteiger partial charge on any atom is 0.363 e. The smallest absolute Gasteiger partial charge is 0.363 e. The Morgan fingerprint density at radius 3 is 2.70 bits per heavy atom. The molecule has 4 nitrogen and oxygen atoms in total. The van der Waals surface area contributed by atoms with Crippen molar-refractivity contribution in [3.8, 4) is 5.75 Å². The molecule has 3 rings (SSSR count). The van der Waals surface area contributed by atoms with Crippen LogP contribution in [0.25, 0.3) is 6.08 Å². The van der Waals surface area contributed by atoms with Gasteiger partial charge in [0, 0.05) is 10.0 Å². The number of esters is 1. The second-order valence-electron chi connectivity index (χ2n) is 4.85. The van der Waals surface area contributed by atoms with Gasteiger partial charge in [0.1, 0.15) is 5.75 Å². The molecule has 0 N–H and O–H groups in total. The quantitative estimate of drug-likeness (QED) is 0.597. The van der Waals surface area contributed by atoms with Crippen molar-refractivity contribution in [2.45, 2.75) is 6.92 Å². The van der Waals surface area contributed by atoms with Gasteiger partial charge in [-0.25, -0.2) is 9.79 Å². The van der Waals surface area contributed by atoms with E-state index in [-0.39, 0.29) is 5.70 Å². The van der Waals surface area contributed by atoms with E-state index < -0.39 is 5.97 Å². The van der Waals surface area contributed by atoms with E-state index in [2.05, 4.69) is 20.9 Å². The molecule has 0 fully saturated rings. The van der Waals surface area contributed by atoms with Crippen LogP contribution < -0.4 is 4.74 Å². The van der Waals surface area contributed by atoms with Crippen LogP contribution in [0.1, 0.15) is 18.1 Å². The van der Waals surface area contributed by atoms with Crippen LogP contribution in [0.3, 0.4) is 0 Å². The highest BCUT2D eigenvalue weighted by atomic mass is 79.9. The van der Waals surface area contributed by atoms with Gasteiger partial charge in [-0.2, -0.15) is 0 Å². The van der Waals surface area contributed by atoms with Gasteiger partial charge in [0.25, 0.3) is 0 Å². The van der Waals surface area contributed by atoms with Crippen LogP contribution in [-0.2, 0) is 9.53 Å². The predicted molar refractivity (Wildman–Crippen MR) is 92.4 cm³/mol. The molecule has 23 heavy (non-hydrogen) atoms. The number of halogens is 1. The number of ether oxygens (including phenoxy) is 2. The monoisotopic (exact) mass is 371 g/mol. The number of carbonyl (C=O) groups excluding carboxylic acids is 1. The molecular weight excluding hydrogens is 358 g/mol. The minimum Gasteiger partial charge on any atom is -0.494 e. The zero-order valence-corrected chi connectivity index (χ0v) is 14.0. The summed E-state index contributed by atoms with van der Waals surface area (Å²) < 4.78 is 11.5. The molecule has 2 aromatic rings. The van der Waals surface area contributed by atoms with Crippen molar-refractivity contribution in [2.24, 2.45) is 4.99 Å². The van der Waals surface area contributed by atoms with Crippen LogP contribution >= 0.6 is 15.9 Å². The lowest BCUT2D eigenvalue weighted by Gasteiger charge is -2.02. The van der Waals surface area contributed by atoms with E-state index in [9.17, 15) is 4.79 Å². The minimum absolute atomic E-state index is 0.282. The Balaban J connectivity index is 1.85. The SMILES string of the molecule is CCOc1ccc(/C=C2/N=C(c3cccc(Br)c3)OC2=O)cc1. The summed E-state index contributed by atoms with van der Waals surface area (Å²) in [6, 6.07) is 14.9. The van der Waals surface area contributed by atoms with Crippen LogP contribution in [0.2, 0.25) is 0 Å². The first-order chi connectivity index (χ1) is 11.2. The van der Waals surface area contributed by atoms with Crippen molar-refractivity contribution >= 4 is 33.9 Å². The largest absolute Gasteiger partial charge is 0.494 e. The van der Waals surface area contributed by atoms with Crippen LogP contribution in [0.15, 0.2) is 63.7 Å². The average molecular weight is 372 g/mol. The van der Waals surface area contributed by atoms with Gasteiger partial charge in [0.05, 0.1) is 6.61 Å². The highest BCUT2D eigenvalue weighted by Gasteiger charge is 2.24. The molecule has 0 unspecified atom stereocenters. The molecule has 1 aliphatic heterocycles. The third kappa shape index (κ3) is 3.68. The molecule has 0 bridgehead atoms. The van der Waals surface area contributed by atoms with Crippen LogP contribution in [-0.4, -0.2) is 18.5 Å². The molecule has 0 saturated carbocycles. The number of carbonyl (C=O) groups is 1. The van der Waals surface area contributed by atoms with Crippen molar-refractivity contribution in [1.29, 1.82) is 0 Å². The number of cyclic esters (lactones) is 1. The van der Waals surface area contributed by atoms with Crippen molar-refractivity contribution in [1.82, 2.24) is 0 Å². The van der Waals surface area contributed by atoms with Gasteiger partial charge in [-0.1, -0.05) is 34.1 Å². The standard InChI is InChI=1S/C18H14BrNO3/c1-2-22-15-8-6-12(7-9-15)10-16-18(21)23-17(20-16)13-4-3-5-14(19)11-13/h3-11H,2H2,1H3/b16-10+. The van der Waals surface area contributed by atoms with Crippen molar-refractivity contribution in [2.75, 3.05) is 6.61 Å². The zero-order chi connectivity index (χ0) is 16.2. The number of nitrogens with zero attached hydrogens (tertiary/aromatic N) is 1. The summed E-state index contributed by atoms with van der Waals surface area (Å²) in [6.07, 6.45) is 1.70. The van der Waals surface area contributed by atoms with Gasteiger partial charge in [-0.15, -0.1) is 0 Å². The zero-order valence-electron chi connectivity index (χ0n) is 12.5. The Morgan fingerprint density at radius 1 is 1.22 bits per heavy atom. The van der Waals surface area contributed by atoms with Gasteiger partial charge in [-0.3, -0.25) is 0 Å². The average Bonchev–Trinajstić information content (AvgIpc) is 2.91. The van der Waals surface area contributed by atoms with Crippen LogP contribution in [0.4, 0.5) is 0 Å². The number of rotatable bonds is 4. The molecular formula is C18H14BrNO3. The van der Waals surface area contributed by atoms with Gasteiger partial charge < -0.3 is 9.47 Å². The molecule has 1 aliphatic rings. The van der Waals surface area contributed by atoms with Gasteiger partial charge in [0.15, 0.2) is 5.70 Å². The van der Waals surface area contributed by atoms with E-state index in [1.54, 1.807) is 6.08 Å². The molecule has 2 aromatic carbocycles. The Morgan fingerprint density at radius 2 is 2.00 bits per heavy atom. The number of hydrogen-bond acceptors (Lipinski definition) is 4. The molecule has 0 atom stereocenters. The molecule has 5 heteroatoms. The fraction of sp³-hybridized carbons (Fsp3) is 0.111. The van der Waals surface area contributed by atoms with E-state index in [0.717, 1.165) is 21.3 Å². The van der Waals surface area contributed by atoms with E-state index in [1.165, 1.54) is 0 Å². The minimum atomic E-state index is -0.450. The second kappa shape index (κ2) is 6.79. The van der Waals surface area contributed by atoms with E-state index in [0.29, 0.717) is 12.5 Å². The lowest BCUT2D eigenvalue weighted by Crippen LogP contribution is -2.05. The molecule has 0 amide bonds. The van der Waals surface area contributed by atoms with Crippen LogP contribution in [0, 0.1) is 0 Å². The summed E-state index contributed by atoms with van der Waals surface area (Å²) in [5.74, 6) is 0.657. The Hall–Kier alpha value is -2.40. The summed E-state index contributed by atoms with van der Waals surface area (Å²) in [5.41, 5.74) is 1.89. The lowest BCUT2D eigenvalue weighted by molar-refractivity contribution is -0.129. The van der Waals surface area contributed by atoms with Crippen LogP contribution in [0.5, 0.6) is 5.75 Å². The van der Waals surface area contributed by atoms with E-state index in [4.69, 9.17) is 9.47 Å². The third-order valence-electron chi connectivity index (χ3n) is 3.19. The third-order valence-corrected chi connectivity index (χ3v) is 3.68. The summed E-state index contributed by atoms with van der Waals surface area (Å²) in [4.78, 5) is 16.3. The summed E-state index contributed by atoms with van der Waals surface area (Å²) in [7, 11) is 0. The number of aliphatic imine (C=N–C) groups is 1. The molecule has 0 spiro atoms. The maximum atomic E-state index is 12.0. The second-order valence-corrected chi connectivity index (χ2v) is 5.76. The molecule has 0 aliphatic carbocycles. The normalized spacial score (nSPS) is 15.5. The first-order valence-electron chi connectivity index (χ1n) is 7.17. The predicted octanol–water partition coefficient (Wildman–Crippen LogP) is 4.19. The van der Waals surface area contributed by atoms with Gasteiger partial charge in [-0.05, 0) is 48.9 Å². The summed E-state index contributed by atoms with van der Waals surface area (Å²) in [5, 5.41) is 0. The molecule has 0 saturated heterocycles. The lowest BCUT2D eigenvalue weighted by atomic mass is 10.2. The molecule has 116 valence electrons. The van der Waals surface area contributed by atoms with E-state index >= 15 is 0 Å².